The van der Waals surface area contributed by atoms with Gasteiger partial charge in [-0.15, -0.1) is 0 Å². The van der Waals surface area contributed by atoms with E-state index in [-0.39, 0.29) is 18.0 Å². The van der Waals surface area contributed by atoms with Crippen LogP contribution in [0.3, 0.4) is 0 Å². The van der Waals surface area contributed by atoms with E-state index in [1.54, 1.807) is 19.2 Å². The zero-order chi connectivity index (χ0) is 13.1. The summed E-state index contributed by atoms with van der Waals surface area (Å²) in [4.78, 5) is 0. The van der Waals surface area contributed by atoms with Gasteiger partial charge in [0.25, 0.3) is 0 Å². The van der Waals surface area contributed by atoms with Gasteiger partial charge in [-0.25, -0.2) is 4.39 Å². The number of nitrogens with one attached hydrogen (secondary N) is 1. The van der Waals surface area contributed by atoms with Gasteiger partial charge in [0, 0.05) is 17.7 Å². The molecule has 0 aliphatic heterocycles. The van der Waals surface area contributed by atoms with Crippen molar-refractivity contribution in [1.29, 1.82) is 0 Å². The van der Waals surface area contributed by atoms with Crippen molar-refractivity contribution in [2.75, 3.05) is 7.11 Å². The van der Waals surface area contributed by atoms with Crippen molar-refractivity contribution in [2.45, 2.75) is 31.4 Å². The van der Waals surface area contributed by atoms with Crippen molar-refractivity contribution in [3.8, 4) is 0 Å². The summed E-state index contributed by atoms with van der Waals surface area (Å²) in [5.41, 5.74) is 3.22. The van der Waals surface area contributed by atoms with Gasteiger partial charge in [0.05, 0.1) is 12.1 Å². The molecule has 18 heavy (non-hydrogen) atoms. The first kappa shape index (κ1) is 13.7. The van der Waals surface area contributed by atoms with Gasteiger partial charge in [-0.3, -0.25) is 11.3 Å². The van der Waals surface area contributed by atoms with Gasteiger partial charge in [-0.2, -0.15) is 0 Å². The highest BCUT2D eigenvalue weighted by Crippen LogP contribution is 2.36. The van der Waals surface area contributed by atoms with Crippen LogP contribution in [0.25, 0.3) is 0 Å². The highest BCUT2D eigenvalue weighted by atomic mass is 35.5. The Morgan fingerprint density at radius 3 is 2.78 bits per heavy atom. The van der Waals surface area contributed by atoms with Crippen molar-refractivity contribution in [1.82, 2.24) is 5.43 Å². The van der Waals surface area contributed by atoms with Crippen LogP contribution in [0.4, 0.5) is 4.39 Å². The van der Waals surface area contributed by atoms with Gasteiger partial charge < -0.3 is 4.74 Å². The van der Waals surface area contributed by atoms with Crippen LogP contribution in [0.15, 0.2) is 18.2 Å². The van der Waals surface area contributed by atoms with Gasteiger partial charge in [0.1, 0.15) is 5.82 Å². The average molecular weight is 273 g/mol. The van der Waals surface area contributed by atoms with Crippen LogP contribution in [-0.2, 0) is 11.2 Å². The fourth-order valence-corrected chi connectivity index (χ4v) is 2.57. The molecule has 0 bridgehead atoms. The zero-order valence-corrected chi connectivity index (χ0v) is 11.1. The maximum atomic E-state index is 13.7. The van der Waals surface area contributed by atoms with Crippen LogP contribution in [-0.4, -0.2) is 19.3 Å². The van der Waals surface area contributed by atoms with Crippen molar-refractivity contribution < 1.29 is 9.13 Å². The molecule has 3 nitrogen and oxygen atoms in total. The molecule has 1 aliphatic rings. The van der Waals surface area contributed by atoms with Crippen LogP contribution in [0.1, 0.15) is 18.4 Å². The van der Waals surface area contributed by atoms with Crippen molar-refractivity contribution in [3.63, 3.8) is 0 Å². The Labute approximate surface area is 111 Å². The number of hydrazine groups is 1. The van der Waals surface area contributed by atoms with Gasteiger partial charge in [-0.1, -0.05) is 17.7 Å². The Morgan fingerprint density at radius 2 is 2.28 bits per heavy atom. The van der Waals surface area contributed by atoms with E-state index in [4.69, 9.17) is 22.2 Å². The normalized spacial score (nSPS) is 18.7. The van der Waals surface area contributed by atoms with E-state index in [1.165, 1.54) is 6.07 Å². The molecule has 0 saturated heterocycles. The summed E-state index contributed by atoms with van der Waals surface area (Å²) >= 11 is 6.02. The first-order valence-corrected chi connectivity index (χ1v) is 6.47. The third kappa shape index (κ3) is 3.01. The molecule has 5 heteroatoms. The van der Waals surface area contributed by atoms with Crippen molar-refractivity contribution in [3.05, 3.63) is 34.6 Å². The predicted molar refractivity (Wildman–Crippen MR) is 69.7 cm³/mol. The molecule has 2 rings (SSSR count). The largest absolute Gasteiger partial charge is 0.379 e. The quantitative estimate of drug-likeness (QED) is 0.617. The number of hydrogen-bond acceptors (Lipinski definition) is 3. The minimum absolute atomic E-state index is 0.00525. The van der Waals surface area contributed by atoms with Crippen LogP contribution < -0.4 is 11.3 Å². The summed E-state index contributed by atoms with van der Waals surface area (Å²) in [6.07, 6.45) is 2.71. The van der Waals surface area contributed by atoms with Crippen LogP contribution in [0, 0.1) is 11.7 Å². The summed E-state index contributed by atoms with van der Waals surface area (Å²) < 4.78 is 19.2. The molecule has 3 N–H and O–H groups in total. The Hall–Kier alpha value is -0.680. The minimum Gasteiger partial charge on any atom is -0.379 e. The molecule has 1 aromatic rings. The topological polar surface area (TPSA) is 47.3 Å². The molecular weight excluding hydrogens is 255 g/mol. The van der Waals surface area contributed by atoms with Crippen LogP contribution >= 0.6 is 11.6 Å². The maximum absolute atomic E-state index is 13.7. The van der Waals surface area contributed by atoms with E-state index in [2.05, 4.69) is 5.43 Å². The van der Waals surface area contributed by atoms with E-state index in [0.29, 0.717) is 22.9 Å². The molecule has 2 atom stereocenters. The van der Waals surface area contributed by atoms with Crippen molar-refractivity contribution >= 4 is 11.6 Å². The lowest BCUT2D eigenvalue weighted by Crippen LogP contribution is -2.47. The number of halogens is 2. The first-order chi connectivity index (χ1) is 8.67. The number of rotatable bonds is 6. The standard InChI is InChI=1S/C13H18ClFN2O/c1-18-13(8-5-6-8)12(17-16)7-9-10(14)3-2-4-11(9)15/h2-4,8,12-13,17H,5-7,16H2,1H3. The summed E-state index contributed by atoms with van der Waals surface area (Å²) in [6, 6.07) is 4.57. The predicted octanol–water partition coefficient (Wildman–Crippen LogP) is 2.28. The molecule has 1 aliphatic carbocycles. The highest BCUT2D eigenvalue weighted by molar-refractivity contribution is 6.31. The lowest BCUT2D eigenvalue weighted by molar-refractivity contribution is 0.0509. The first-order valence-electron chi connectivity index (χ1n) is 6.09. The minimum atomic E-state index is -0.298. The van der Waals surface area contributed by atoms with E-state index in [0.717, 1.165) is 12.8 Å². The van der Waals surface area contributed by atoms with Gasteiger partial charge >= 0.3 is 0 Å². The second-order valence-electron chi connectivity index (χ2n) is 4.72. The molecular formula is C13H18ClFN2O. The second-order valence-corrected chi connectivity index (χ2v) is 5.12. The second kappa shape index (κ2) is 5.97. The lowest BCUT2D eigenvalue weighted by atomic mass is 9.98. The molecule has 0 heterocycles. The molecule has 0 radical (unpaired) electrons. The molecule has 0 spiro atoms. The van der Waals surface area contributed by atoms with Gasteiger partial charge in [0.2, 0.25) is 0 Å². The Bertz CT molecular complexity index is 392. The number of benzene rings is 1. The van der Waals surface area contributed by atoms with Crippen molar-refractivity contribution in [2.24, 2.45) is 11.8 Å². The number of methoxy groups -OCH3 is 1. The smallest absolute Gasteiger partial charge is 0.127 e. The molecule has 1 saturated carbocycles. The van der Waals surface area contributed by atoms with Gasteiger partial charge in [-0.05, 0) is 37.3 Å². The summed E-state index contributed by atoms with van der Waals surface area (Å²) in [6.45, 7) is 0. The number of ether oxygens (including phenoxy) is 1. The monoisotopic (exact) mass is 272 g/mol. The SMILES string of the molecule is COC(C1CC1)C(Cc1c(F)cccc1Cl)NN. The maximum Gasteiger partial charge on any atom is 0.127 e. The number of nitrogens with two attached hydrogens (primary N) is 1. The molecule has 1 fully saturated rings. The fourth-order valence-electron chi connectivity index (χ4n) is 2.33. The van der Waals surface area contributed by atoms with E-state index < -0.39 is 0 Å². The molecule has 1 aromatic carbocycles. The van der Waals surface area contributed by atoms with Crippen LogP contribution in [0.2, 0.25) is 5.02 Å². The summed E-state index contributed by atoms with van der Waals surface area (Å²) in [7, 11) is 1.66. The zero-order valence-electron chi connectivity index (χ0n) is 10.3. The van der Waals surface area contributed by atoms with E-state index in [1.807, 2.05) is 0 Å². The fraction of sp³-hybridized carbons (Fsp3) is 0.538. The molecule has 0 amide bonds. The molecule has 2 unspecified atom stereocenters. The van der Waals surface area contributed by atoms with E-state index in [9.17, 15) is 4.39 Å². The third-order valence-electron chi connectivity index (χ3n) is 3.46. The lowest BCUT2D eigenvalue weighted by Gasteiger charge is -2.26. The highest BCUT2D eigenvalue weighted by Gasteiger charge is 2.36. The average Bonchev–Trinajstić information content (AvgIpc) is 3.17. The third-order valence-corrected chi connectivity index (χ3v) is 3.81. The number of hydrogen-bond donors (Lipinski definition) is 2. The summed E-state index contributed by atoms with van der Waals surface area (Å²) in [5.74, 6) is 5.78. The van der Waals surface area contributed by atoms with Gasteiger partial charge in [0.15, 0.2) is 0 Å². The van der Waals surface area contributed by atoms with Crippen LogP contribution in [0.5, 0.6) is 0 Å². The Kier molecular flexibility index (Phi) is 4.56. The molecule has 100 valence electrons. The molecule has 0 aromatic heterocycles. The van der Waals surface area contributed by atoms with E-state index >= 15 is 0 Å². The Balaban J connectivity index is 2.14. The summed E-state index contributed by atoms with van der Waals surface area (Å²) in [5, 5.41) is 0.431. The Morgan fingerprint density at radius 1 is 1.56 bits per heavy atom.